The fraction of sp³-hybridized carbons (Fsp3) is 0.526. The summed E-state index contributed by atoms with van der Waals surface area (Å²) in [6.45, 7) is 6.57. The Morgan fingerprint density at radius 3 is 2.96 bits per heavy atom. The van der Waals surface area contributed by atoms with Gasteiger partial charge < -0.3 is 23.8 Å². The standard InChI is InChI=1S/C19H22N2O4/c1-12-3-16(14-4-17-18(25-11-24-17)5-15(14)20-12)21-6-13-7-23-10-19(13,8-21)9-22-2/h3-5,13H,6-11H2,1-2H3/t13-,19-/m0/s1. The van der Waals surface area contributed by atoms with Crippen LogP contribution in [0, 0.1) is 18.3 Å². The molecular weight excluding hydrogens is 320 g/mol. The Balaban J connectivity index is 1.59. The number of nitrogens with zero attached hydrogens (tertiary/aromatic N) is 2. The first kappa shape index (κ1) is 15.2. The number of ether oxygens (including phenoxy) is 4. The van der Waals surface area contributed by atoms with E-state index in [1.807, 2.05) is 13.0 Å². The number of rotatable bonds is 3. The van der Waals surface area contributed by atoms with E-state index >= 15 is 0 Å². The smallest absolute Gasteiger partial charge is 0.231 e. The first-order valence-corrected chi connectivity index (χ1v) is 8.71. The molecule has 6 nitrogen and oxygen atoms in total. The van der Waals surface area contributed by atoms with Crippen LogP contribution in [-0.2, 0) is 9.47 Å². The predicted molar refractivity (Wildman–Crippen MR) is 93.4 cm³/mol. The highest BCUT2D eigenvalue weighted by atomic mass is 16.7. The van der Waals surface area contributed by atoms with Crippen LogP contribution in [0.1, 0.15) is 5.69 Å². The van der Waals surface area contributed by atoms with Crippen molar-refractivity contribution in [2.45, 2.75) is 6.92 Å². The summed E-state index contributed by atoms with van der Waals surface area (Å²) in [7, 11) is 1.78. The number of hydrogen-bond donors (Lipinski definition) is 0. The predicted octanol–water partition coefficient (Wildman–Crippen LogP) is 2.37. The molecule has 0 radical (unpaired) electrons. The van der Waals surface area contributed by atoms with Crippen molar-refractivity contribution in [3.63, 3.8) is 0 Å². The van der Waals surface area contributed by atoms with Crippen molar-refractivity contribution in [2.75, 3.05) is 51.7 Å². The number of benzene rings is 1. The summed E-state index contributed by atoms with van der Waals surface area (Å²) in [5.74, 6) is 2.08. The topological polar surface area (TPSA) is 53.1 Å². The highest BCUT2D eigenvalue weighted by Crippen LogP contribution is 2.46. The fourth-order valence-electron chi connectivity index (χ4n) is 4.50. The van der Waals surface area contributed by atoms with Gasteiger partial charge in [-0.15, -0.1) is 0 Å². The summed E-state index contributed by atoms with van der Waals surface area (Å²) < 4.78 is 22.4. The quantitative estimate of drug-likeness (QED) is 0.854. The number of fused-ring (bicyclic) bond motifs is 3. The molecule has 0 unspecified atom stereocenters. The molecule has 0 spiro atoms. The lowest BCUT2D eigenvalue weighted by atomic mass is 9.82. The van der Waals surface area contributed by atoms with Gasteiger partial charge in [-0.05, 0) is 19.1 Å². The second-order valence-corrected chi connectivity index (χ2v) is 7.39. The van der Waals surface area contributed by atoms with Gasteiger partial charge in [0.05, 0.1) is 25.3 Å². The zero-order valence-electron chi connectivity index (χ0n) is 14.6. The molecule has 132 valence electrons. The van der Waals surface area contributed by atoms with E-state index in [2.05, 4.69) is 17.0 Å². The molecule has 2 fully saturated rings. The van der Waals surface area contributed by atoms with Crippen molar-refractivity contribution in [1.29, 1.82) is 0 Å². The number of aromatic nitrogens is 1. The zero-order valence-corrected chi connectivity index (χ0v) is 14.6. The van der Waals surface area contributed by atoms with Gasteiger partial charge >= 0.3 is 0 Å². The van der Waals surface area contributed by atoms with E-state index in [0.717, 1.165) is 61.0 Å². The normalized spacial score (nSPS) is 27.3. The monoisotopic (exact) mass is 342 g/mol. The van der Waals surface area contributed by atoms with Gasteiger partial charge in [-0.1, -0.05) is 0 Å². The van der Waals surface area contributed by atoms with Gasteiger partial charge in [0.2, 0.25) is 6.79 Å². The van der Waals surface area contributed by atoms with E-state index < -0.39 is 0 Å². The van der Waals surface area contributed by atoms with Crippen LogP contribution in [0.15, 0.2) is 18.2 Å². The Morgan fingerprint density at radius 2 is 2.12 bits per heavy atom. The van der Waals surface area contributed by atoms with Crippen LogP contribution in [0.5, 0.6) is 11.5 Å². The van der Waals surface area contributed by atoms with Crippen molar-refractivity contribution >= 4 is 16.6 Å². The van der Waals surface area contributed by atoms with Gasteiger partial charge in [0, 0.05) is 54.4 Å². The molecule has 2 saturated heterocycles. The van der Waals surface area contributed by atoms with E-state index in [9.17, 15) is 0 Å². The first-order chi connectivity index (χ1) is 12.2. The summed E-state index contributed by atoms with van der Waals surface area (Å²) >= 11 is 0. The molecule has 6 heteroatoms. The summed E-state index contributed by atoms with van der Waals surface area (Å²) in [5, 5.41) is 1.11. The van der Waals surface area contributed by atoms with Crippen molar-refractivity contribution in [3.8, 4) is 11.5 Å². The molecule has 0 amide bonds. The van der Waals surface area contributed by atoms with E-state index in [4.69, 9.17) is 23.9 Å². The molecule has 1 aromatic heterocycles. The molecule has 0 aliphatic carbocycles. The third kappa shape index (κ3) is 2.28. The van der Waals surface area contributed by atoms with Gasteiger partial charge in [-0.25, -0.2) is 0 Å². The molecule has 5 rings (SSSR count). The first-order valence-electron chi connectivity index (χ1n) is 8.71. The summed E-state index contributed by atoms with van der Waals surface area (Å²) in [6.07, 6.45) is 0. The minimum absolute atomic E-state index is 0.0919. The molecule has 0 N–H and O–H groups in total. The van der Waals surface area contributed by atoms with E-state index in [1.165, 1.54) is 5.69 Å². The Bertz CT molecular complexity index is 840. The number of aryl methyl sites for hydroxylation is 1. The summed E-state index contributed by atoms with van der Waals surface area (Å²) in [6, 6.07) is 6.22. The number of pyridine rings is 1. The third-order valence-corrected chi connectivity index (χ3v) is 5.70. The largest absolute Gasteiger partial charge is 0.454 e. The van der Waals surface area contributed by atoms with E-state index in [0.29, 0.717) is 5.92 Å². The number of anilines is 1. The highest BCUT2D eigenvalue weighted by Gasteiger charge is 2.51. The van der Waals surface area contributed by atoms with Crippen LogP contribution >= 0.6 is 0 Å². The second kappa shape index (κ2) is 5.47. The molecule has 0 bridgehead atoms. The molecule has 0 saturated carbocycles. The molecule has 1 aromatic carbocycles. The Kier molecular flexibility index (Phi) is 3.33. The Hall–Kier alpha value is -2.05. The minimum atomic E-state index is 0.0919. The van der Waals surface area contributed by atoms with Crippen LogP contribution < -0.4 is 14.4 Å². The number of hydrogen-bond acceptors (Lipinski definition) is 6. The van der Waals surface area contributed by atoms with E-state index in [-0.39, 0.29) is 12.2 Å². The van der Waals surface area contributed by atoms with E-state index in [1.54, 1.807) is 7.11 Å². The van der Waals surface area contributed by atoms with Crippen LogP contribution in [0.3, 0.4) is 0 Å². The molecule has 2 atom stereocenters. The maximum absolute atomic E-state index is 5.77. The Morgan fingerprint density at radius 1 is 1.28 bits per heavy atom. The van der Waals surface area contributed by atoms with Gasteiger partial charge in [0.25, 0.3) is 0 Å². The third-order valence-electron chi connectivity index (χ3n) is 5.70. The lowest BCUT2D eigenvalue weighted by Crippen LogP contribution is -2.35. The zero-order chi connectivity index (χ0) is 17.0. The van der Waals surface area contributed by atoms with Crippen molar-refractivity contribution in [2.24, 2.45) is 11.3 Å². The molecule has 3 aliphatic heterocycles. The van der Waals surface area contributed by atoms with Crippen LogP contribution in [0.4, 0.5) is 5.69 Å². The summed E-state index contributed by atoms with van der Waals surface area (Å²) in [5.41, 5.74) is 3.27. The minimum Gasteiger partial charge on any atom is -0.454 e. The SMILES string of the molecule is COC[C@@]12COC[C@@H]1CN(c1cc(C)nc3cc4c(cc13)OCO4)C2. The fourth-order valence-corrected chi connectivity index (χ4v) is 4.50. The van der Waals surface area contributed by atoms with Gasteiger partial charge in [-0.3, -0.25) is 4.98 Å². The van der Waals surface area contributed by atoms with Crippen LogP contribution in [0.25, 0.3) is 10.9 Å². The average molecular weight is 342 g/mol. The van der Waals surface area contributed by atoms with Gasteiger partial charge in [0.1, 0.15) is 0 Å². The highest BCUT2D eigenvalue weighted by molar-refractivity contribution is 5.94. The van der Waals surface area contributed by atoms with Crippen LogP contribution in [0.2, 0.25) is 0 Å². The lowest BCUT2D eigenvalue weighted by molar-refractivity contribution is 0.0660. The maximum atomic E-state index is 5.77. The lowest BCUT2D eigenvalue weighted by Gasteiger charge is -2.27. The van der Waals surface area contributed by atoms with Crippen molar-refractivity contribution < 1.29 is 18.9 Å². The van der Waals surface area contributed by atoms with Crippen molar-refractivity contribution in [1.82, 2.24) is 4.98 Å². The second-order valence-electron chi connectivity index (χ2n) is 7.39. The molecular formula is C19H22N2O4. The number of methoxy groups -OCH3 is 1. The molecule has 3 aliphatic rings. The average Bonchev–Trinajstić information content (AvgIpc) is 3.25. The maximum Gasteiger partial charge on any atom is 0.231 e. The van der Waals surface area contributed by atoms with Gasteiger partial charge in [-0.2, -0.15) is 0 Å². The Labute approximate surface area is 146 Å². The van der Waals surface area contributed by atoms with Crippen molar-refractivity contribution in [3.05, 3.63) is 23.9 Å². The molecule has 2 aromatic rings. The molecule has 25 heavy (non-hydrogen) atoms. The van der Waals surface area contributed by atoms with Gasteiger partial charge in [0.15, 0.2) is 11.5 Å². The summed E-state index contributed by atoms with van der Waals surface area (Å²) in [4.78, 5) is 7.16. The molecule has 4 heterocycles. The van der Waals surface area contributed by atoms with Crippen LogP contribution in [-0.4, -0.2) is 51.8 Å².